The molecule has 15 heteroatoms. The van der Waals surface area contributed by atoms with Gasteiger partial charge in [-0.3, -0.25) is 4.57 Å². The van der Waals surface area contributed by atoms with E-state index in [1.807, 2.05) is 9.80 Å². The number of anilines is 2. The number of rotatable bonds is 7. The summed E-state index contributed by atoms with van der Waals surface area (Å²) < 4.78 is 66.7. The molecule has 2 aliphatic rings. The number of fused-ring (bicyclic) bond motifs is 1. The van der Waals surface area contributed by atoms with Gasteiger partial charge < -0.3 is 19.3 Å². The summed E-state index contributed by atoms with van der Waals surface area (Å²) in [5.41, 5.74) is 0.639. The summed E-state index contributed by atoms with van der Waals surface area (Å²) in [6.07, 6.45) is -0.413. The van der Waals surface area contributed by atoms with E-state index in [4.69, 9.17) is 9.47 Å². The van der Waals surface area contributed by atoms with Crippen molar-refractivity contribution in [2.45, 2.75) is 25.3 Å². The summed E-state index contributed by atoms with van der Waals surface area (Å²) in [6.45, 7) is 2.93. The molecule has 0 aliphatic carbocycles. The van der Waals surface area contributed by atoms with Gasteiger partial charge in [-0.25, -0.2) is 26.9 Å². The Balaban J connectivity index is 1.64. The third kappa shape index (κ3) is 5.43. The Kier molecular flexibility index (Phi) is 7.09. The number of hydrogen-bond acceptors (Lipinski definition) is 10. The number of ether oxygens (including phenoxy) is 2. The largest absolute Gasteiger partial charge is 0.494 e. The van der Waals surface area contributed by atoms with Crippen LogP contribution in [0, 0.1) is 0 Å². The van der Waals surface area contributed by atoms with Gasteiger partial charge in [0.1, 0.15) is 11.3 Å². The number of methoxy groups -OCH3 is 1. The molecule has 0 saturated carbocycles. The number of nitrogens with one attached hydrogen (secondary N) is 1. The summed E-state index contributed by atoms with van der Waals surface area (Å²) in [5, 5.41) is 0. The number of para-hydroxylation sites is 1. The number of halogens is 2. The summed E-state index contributed by atoms with van der Waals surface area (Å²) in [6, 6.07) is 4.66. The first-order valence-corrected chi connectivity index (χ1v) is 13.8. The highest BCUT2D eigenvalue weighted by Crippen LogP contribution is 2.32. The maximum atomic E-state index is 14.2. The molecule has 1 aromatic carbocycles. The number of imidazole rings is 1. The highest BCUT2D eigenvalue weighted by atomic mass is 32.2. The topological polar surface area (TPSA) is 128 Å². The number of sulfonamides is 1. The quantitative estimate of drug-likeness (QED) is 0.473. The van der Waals surface area contributed by atoms with Crippen molar-refractivity contribution in [2.24, 2.45) is 0 Å². The van der Waals surface area contributed by atoms with Crippen LogP contribution >= 0.6 is 0 Å². The summed E-state index contributed by atoms with van der Waals surface area (Å²) in [5.74, 6) is 0.435. The molecular formula is C22H28F2N8O4S. The van der Waals surface area contributed by atoms with Crippen molar-refractivity contribution < 1.29 is 26.7 Å². The first kappa shape index (κ1) is 25.5. The average Bonchev–Trinajstić information content (AvgIpc) is 3.28. The Labute approximate surface area is 212 Å². The highest BCUT2D eigenvalue weighted by Gasteiger charge is 2.29. The Morgan fingerprint density at radius 3 is 2.43 bits per heavy atom. The standard InChI is InChI=1S/C22H28F2N8O4S/c1-35-16-7-3-6-15-17(16)25-19(18(23)24)32(15)22-27-20(30-9-11-36-12-10-30)26-21(28-22)31-8-4-5-14(13-31)29-37(2,33)34/h3,6-7,14,18,29H,4-5,8-13H2,1-2H3/t14-/m0/s1. The van der Waals surface area contributed by atoms with Gasteiger partial charge in [-0.2, -0.15) is 15.0 Å². The second kappa shape index (κ2) is 10.3. The first-order valence-electron chi connectivity index (χ1n) is 11.9. The van der Waals surface area contributed by atoms with E-state index in [1.54, 1.807) is 18.2 Å². The lowest BCUT2D eigenvalue weighted by molar-refractivity contribution is 0.122. The molecule has 12 nitrogen and oxygen atoms in total. The minimum Gasteiger partial charge on any atom is -0.494 e. The fourth-order valence-electron chi connectivity index (χ4n) is 4.66. The fourth-order valence-corrected chi connectivity index (χ4v) is 5.46. The molecule has 4 heterocycles. The van der Waals surface area contributed by atoms with Gasteiger partial charge in [-0.15, -0.1) is 0 Å². The molecule has 37 heavy (non-hydrogen) atoms. The van der Waals surface area contributed by atoms with Crippen molar-refractivity contribution in [3.8, 4) is 11.7 Å². The first-order chi connectivity index (χ1) is 17.7. The minimum absolute atomic E-state index is 0.00394. The van der Waals surface area contributed by atoms with Gasteiger partial charge in [0.25, 0.3) is 6.43 Å². The van der Waals surface area contributed by atoms with Gasteiger partial charge >= 0.3 is 0 Å². The molecule has 2 aromatic heterocycles. The second-order valence-electron chi connectivity index (χ2n) is 8.94. The van der Waals surface area contributed by atoms with Crippen molar-refractivity contribution in [3.05, 3.63) is 24.0 Å². The highest BCUT2D eigenvalue weighted by molar-refractivity contribution is 7.88. The molecule has 2 saturated heterocycles. The lowest BCUT2D eigenvalue weighted by atomic mass is 10.1. The van der Waals surface area contributed by atoms with Crippen LogP contribution < -0.4 is 19.3 Å². The number of morpholine rings is 1. The van der Waals surface area contributed by atoms with Gasteiger partial charge in [0.15, 0.2) is 5.82 Å². The van der Waals surface area contributed by atoms with Crippen molar-refractivity contribution in [1.82, 2.24) is 29.2 Å². The summed E-state index contributed by atoms with van der Waals surface area (Å²) in [4.78, 5) is 21.8. The number of alkyl halides is 2. The molecule has 0 bridgehead atoms. The lowest BCUT2D eigenvalue weighted by Gasteiger charge is -2.33. The number of piperidine rings is 1. The smallest absolute Gasteiger partial charge is 0.296 e. The predicted octanol–water partition coefficient (Wildman–Crippen LogP) is 1.51. The summed E-state index contributed by atoms with van der Waals surface area (Å²) in [7, 11) is -1.95. The zero-order chi connectivity index (χ0) is 26.2. The number of hydrogen-bond donors (Lipinski definition) is 1. The molecule has 200 valence electrons. The molecule has 3 aromatic rings. The van der Waals surface area contributed by atoms with Crippen molar-refractivity contribution in [3.63, 3.8) is 0 Å². The van der Waals surface area contributed by atoms with Crippen LogP contribution in [-0.4, -0.2) is 91.7 Å². The number of benzene rings is 1. The van der Waals surface area contributed by atoms with E-state index < -0.39 is 22.3 Å². The van der Waals surface area contributed by atoms with Gasteiger partial charge in [0.2, 0.25) is 27.9 Å². The Morgan fingerprint density at radius 2 is 1.76 bits per heavy atom. The van der Waals surface area contributed by atoms with Crippen LogP contribution in [0.3, 0.4) is 0 Å². The average molecular weight is 539 g/mol. The van der Waals surface area contributed by atoms with Gasteiger partial charge in [0, 0.05) is 32.2 Å². The van der Waals surface area contributed by atoms with E-state index in [2.05, 4.69) is 24.7 Å². The molecule has 1 atom stereocenters. The van der Waals surface area contributed by atoms with Gasteiger partial charge in [0.05, 0.1) is 32.1 Å². The maximum Gasteiger partial charge on any atom is 0.296 e. The predicted molar refractivity (Wildman–Crippen MR) is 132 cm³/mol. The van der Waals surface area contributed by atoms with Gasteiger partial charge in [-0.05, 0) is 25.0 Å². The van der Waals surface area contributed by atoms with E-state index in [0.717, 1.165) is 6.26 Å². The lowest BCUT2D eigenvalue weighted by Crippen LogP contribution is -2.48. The van der Waals surface area contributed by atoms with Crippen LogP contribution in [0.5, 0.6) is 5.75 Å². The van der Waals surface area contributed by atoms with Crippen LogP contribution in [0.1, 0.15) is 25.1 Å². The molecule has 0 spiro atoms. The van der Waals surface area contributed by atoms with E-state index in [1.165, 1.54) is 11.7 Å². The van der Waals surface area contributed by atoms with E-state index in [-0.39, 0.29) is 23.5 Å². The molecule has 0 unspecified atom stereocenters. The van der Waals surface area contributed by atoms with E-state index in [0.29, 0.717) is 69.4 Å². The number of aromatic nitrogens is 5. The molecule has 0 amide bonds. The molecule has 5 rings (SSSR count). The van der Waals surface area contributed by atoms with Crippen molar-refractivity contribution in [1.29, 1.82) is 0 Å². The molecule has 0 radical (unpaired) electrons. The second-order valence-corrected chi connectivity index (χ2v) is 10.7. The van der Waals surface area contributed by atoms with Crippen LogP contribution in [0.2, 0.25) is 0 Å². The number of nitrogens with zero attached hydrogens (tertiary/aromatic N) is 7. The Bertz CT molecular complexity index is 1380. The zero-order valence-corrected chi connectivity index (χ0v) is 21.3. The van der Waals surface area contributed by atoms with Crippen LogP contribution in [0.4, 0.5) is 20.7 Å². The SMILES string of the molecule is COc1cccc2c1nc(C(F)F)n2-c1nc(N2CCOCC2)nc(N2CCC[C@H](NS(C)(=O)=O)C2)n1. The van der Waals surface area contributed by atoms with E-state index in [9.17, 15) is 17.2 Å². The third-order valence-corrected chi connectivity index (χ3v) is 7.03. The molecule has 2 aliphatic heterocycles. The Morgan fingerprint density at radius 1 is 1.05 bits per heavy atom. The molecule has 1 N–H and O–H groups in total. The minimum atomic E-state index is -3.40. The monoisotopic (exact) mass is 538 g/mol. The van der Waals surface area contributed by atoms with Crippen molar-refractivity contribution >= 4 is 33.0 Å². The van der Waals surface area contributed by atoms with Crippen LogP contribution in [0.15, 0.2) is 18.2 Å². The maximum absolute atomic E-state index is 14.2. The van der Waals surface area contributed by atoms with E-state index >= 15 is 0 Å². The van der Waals surface area contributed by atoms with Crippen LogP contribution in [-0.2, 0) is 14.8 Å². The fraction of sp³-hybridized carbons (Fsp3) is 0.545. The summed E-state index contributed by atoms with van der Waals surface area (Å²) >= 11 is 0. The third-order valence-electron chi connectivity index (χ3n) is 6.27. The zero-order valence-electron chi connectivity index (χ0n) is 20.5. The molecule has 2 fully saturated rings. The normalized spacial score (nSPS) is 19.1. The Hall–Kier alpha value is -3.17. The van der Waals surface area contributed by atoms with Crippen LogP contribution in [0.25, 0.3) is 17.0 Å². The van der Waals surface area contributed by atoms with Gasteiger partial charge in [-0.1, -0.05) is 6.07 Å². The van der Waals surface area contributed by atoms with Crippen molar-refractivity contribution in [2.75, 3.05) is 62.6 Å². The molecular weight excluding hydrogens is 510 g/mol.